The van der Waals surface area contributed by atoms with Gasteiger partial charge in [-0.3, -0.25) is 0 Å². The SMILES string of the molecule is O=c1[nH]nnn1C1=COC=C(C2=CC=CC(F)(F)C2(F)F)O1. The Morgan fingerprint density at radius 3 is 2.68 bits per heavy atom. The summed E-state index contributed by atoms with van der Waals surface area (Å²) in [5.74, 6) is -9.98. The first-order chi connectivity index (χ1) is 10.3. The maximum Gasteiger partial charge on any atom is 0.368 e. The third-order valence-electron chi connectivity index (χ3n) is 2.83. The van der Waals surface area contributed by atoms with Gasteiger partial charge in [0.2, 0.25) is 0 Å². The standard InChI is InChI=1S/C11H6F4N4O3/c12-10(13)3-1-2-6(11(10,14)15)7-4-21-5-8(22-7)19-9(20)16-17-18-19/h1-5H,(H,16,18,20). The molecule has 11 heteroatoms. The lowest BCUT2D eigenvalue weighted by Gasteiger charge is -2.30. The van der Waals surface area contributed by atoms with Gasteiger partial charge in [-0.15, -0.1) is 4.68 Å². The van der Waals surface area contributed by atoms with Gasteiger partial charge in [0.15, 0.2) is 12.0 Å². The fraction of sp³-hybridized carbons (Fsp3) is 0.182. The van der Waals surface area contributed by atoms with E-state index >= 15 is 0 Å². The number of ether oxygens (including phenoxy) is 2. The number of rotatable bonds is 2. The molecule has 7 nitrogen and oxygen atoms in total. The molecule has 0 aromatic carbocycles. The molecule has 2 heterocycles. The lowest BCUT2D eigenvalue weighted by atomic mass is 9.95. The summed E-state index contributed by atoms with van der Waals surface area (Å²) >= 11 is 0. The fourth-order valence-electron chi connectivity index (χ4n) is 1.76. The van der Waals surface area contributed by atoms with Crippen LogP contribution in [0.15, 0.2) is 46.9 Å². The third-order valence-corrected chi connectivity index (χ3v) is 2.83. The first-order valence-electron chi connectivity index (χ1n) is 5.73. The zero-order chi connectivity index (χ0) is 16.0. The van der Waals surface area contributed by atoms with E-state index in [-0.39, 0.29) is 6.08 Å². The van der Waals surface area contributed by atoms with E-state index in [0.29, 0.717) is 10.9 Å². The summed E-state index contributed by atoms with van der Waals surface area (Å²) in [7, 11) is 0. The fourth-order valence-corrected chi connectivity index (χ4v) is 1.76. The van der Waals surface area contributed by atoms with Gasteiger partial charge < -0.3 is 9.47 Å². The maximum atomic E-state index is 13.8. The van der Waals surface area contributed by atoms with Crippen molar-refractivity contribution in [1.29, 1.82) is 0 Å². The molecule has 1 aromatic heterocycles. The summed E-state index contributed by atoms with van der Waals surface area (Å²) in [6, 6.07) is 0. The Balaban J connectivity index is 1.93. The van der Waals surface area contributed by atoms with E-state index in [4.69, 9.17) is 9.47 Å². The molecule has 0 spiro atoms. The van der Waals surface area contributed by atoms with E-state index in [1.165, 1.54) is 0 Å². The van der Waals surface area contributed by atoms with Crippen molar-refractivity contribution in [3.8, 4) is 0 Å². The number of nitrogens with one attached hydrogen (secondary N) is 1. The third kappa shape index (κ3) is 2.01. The molecule has 22 heavy (non-hydrogen) atoms. The second kappa shape index (κ2) is 4.58. The number of allylic oxidation sites excluding steroid dienone is 4. The van der Waals surface area contributed by atoms with Crippen LogP contribution >= 0.6 is 0 Å². The monoisotopic (exact) mass is 318 g/mol. The van der Waals surface area contributed by atoms with Crippen molar-refractivity contribution in [2.24, 2.45) is 0 Å². The normalized spacial score (nSPS) is 22.1. The van der Waals surface area contributed by atoms with Gasteiger partial charge in [-0.1, -0.05) is 6.08 Å². The van der Waals surface area contributed by atoms with Crippen LogP contribution in [-0.4, -0.2) is 32.1 Å². The van der Waals surface area contributed by atoms with Gasteiger partial charge in [0.25, 0.3) is 5.88 Å². The van der Waals surface area contributed by atoms with Gasteiger partial charge in [0.05, 0.1) is 5.57 Å². The molecule has 0 bridgehead atoms. The molecule has 1 aliphatic carbocycles. The molecule has 0 fully saturated rings. The van der Waals surface area contributed by atoms with Gasteiger partial charge in [-0.05, 0) is 22.6 Å². The molecule has 0 unspecified atom stereocenters. The van der Waals surface area contributed by atoms with Crippen LogP contribution < -0.4 is 5.69 Å². The number of aromatic nitrogens is 4. The van der Waals surface area contributed by atoms with Crippen molar-refractivity contribution in [1.82, 2.24) is 20.2 Å². The summed E-state index contributed by atoms with van der Waals surface area (Å²) in [4.78, 5) is 11.3. The van der Waals surface area contributed by atoms with Crippen LogP contribution in [0.2, 0.25) is 0 Å². The predicted octanol–water partition coefficient (Wildman–Crippen LogP) is 1.38. The van der Waals surface area contributed by atoms with Gasteiger partial charge in [0, 0.05) is 0 Å². The topological polar surface area (TPSA) is 82.0 Å². The highest BCUT2D eigenvalue weighted by Crippen LogP contribution is 2.46. The number of hydrogen-bond donors (Lipinski definition) is 1. The van der Waals surface area contributed by atoms with Crippen LogP contribution in [0.1, 0.15) is 0 Å². The number of tetrazole rings is 1. The van der Waals surface area contributed by atoms with Crippen molar-refractivity contribution in [3.05, 3.63) is 52.6 Å². The Bertz CT molecular complexity index is 787. The maximum absolute atomic E-state index is 13.8. The van der Waals surface area contributed by atoms with Crippen LogP contribution in [0.5, 0.6) is 0 Å². The first kappa shape index (κ1) is 14.1. The Labute approximate surface area is 118 Å². The second-order valence-corrected chi connectivity index (χ2v) is 4.23. The van der Waals surface area contributed by atoms with Crippen molar-refractivity contribution in [2.75, 3.05) is 0 Å². The van der Waals surface area contributed by atoms with E-state index < -0.39 is 34.8 Å². The molecule has 0 saturated carbocycles. The Morgan fingerprint density at radius 2 is 2.00 bits per heavy atom. The predicted molar refractivity (Wildman–Crippen MR) is 62.3 cm³/mol. The van der Waals surface area contributed by atoms with Gasteiger partial charge >= 0.3 is 17.5 Å². The highest BCUT2D eigenvalue weighted by atomic mass is 19.3. The molecule has 0 amide bonds. The van der Waals surface area contributed by atoms with E-state index in [0.717, 1.165) is 18.4 Å². The van der Waals surface area contributed by atoms with Crippen molar-refractivity contribution in [2.45, 2.75) is 11.8 Å². The zero-order valence-electron chi connectivity index (χ0n) is 10.5. The number of H-pyrrole nitrogens is 1. The average Bonchev–Trinajstić information content (AvgIpc) is 2.88. The second-order valence-electron chi connectivity index (χ2n) is 4.23. The largest absolute Gasteiger partial charge is 0.463 e. The van der Waals surface area contributed by atoms with E-state index in [1.54, 1.807) is 0 Å². The molecule has 1 N–H and O–H groups in total. The van der Waals surface area contributed by atoms with Gasteiger partial charge in [0.1, 0.15) is 6.26 Å². The average molecular weight is 318 g/mol. The molecule has 0 radical (unpaired) electrons. The molecule has 1 aromatic rings. The van der Waals surface area contributed by atoms with Crippen LogP contribution in [0.3, 0.4) is 0 Å². The van der Waals surface area contributed by atoms with Gasteiger partial charge in [-0.2, -0.15) is 17.6 Å². The molecule has 0 saturated heterocycles. The molecule has 1 aliphatic heterocycles. The number of halogens is 4. The number of hydrogen-bond acceptors (Lipinski definition) is 5. The molecular weight excluding hydrogens is 312 g/mol. The minimum absolute atomic E-state index is 0.0830. The van der Waals surface area contributed by atoms with E-state index in [2.05, 4.69) is 10.4 Å². The molecule has 3 rings (SSSR count). The van der Waals surface area contributed by atoms with Crippen molar-refractivity contribution >= 4 is 5.88 Å². The lowest BCUT2D eigenvalue weighted by molar-refractivity contribution is -0.156. The summed E-state index contributed by atoms with van der Waals surface area (Å²) in [6.45, 7) is 0. The summed E-state index contributed by atoms with van der Waals surface area (Å²) in [5.41, 5.74) is -1.92. The molecule has 2 aliphatic rings. The molecule has 116 valence electrons. The lowest BCUT2D eigenvalue weighted by Crippen LogP contribution is -2.42. The van der Waals surface area contributed by atoms with E-state index in [1.807, 2.05) is 5.10 Å². The number of nitrogens with zero attached hydrogens (tertiary/aromatic N) is 3. The van der Waals surface area contributed by atoms with Crippen LogP contribution in [0, 0.1) is 0 Å². The number of aromatic amines is 1. The summed E-state index contributed by atoms with van der Waals surface area (Å²) < 4.78 is 64.6. The van der Waals surface area contributed by atoms with Crippen molar-refractivity contribution < 1.29 is 27.0 Å². The zero-order valence-corrected chi connectivity index (χ0v) is 10.5. The minimum atomic E-state index is -4.51. The Kier molecular flexibility index (Phi) is 2.93. The molecular formula is C11H6F4N4O3. The van der Waals surface area contributed by atoms with E-state index in [9.17, 15) is 22.4 Å². The number of alkyl halides is 4. The highest BCUT2D eigenvalue weighted by molar-refractivity contribution is 5.47. The highest BCUT2D eigenvalue weighted by Gasteiger charge is 2.59. The van der Waals surface area contributed by atoms with Crippen LogP contribution in [0.25, 0.3) is 5.88 Å². The quantitative estimate of drug-likeness (QED) is 0.833. The summed E-state index contributed by atoms with van der Waals surface area (Å²) in [6.07, 6.45) is 3.21. The molecule has 0 atom stereocenters. The van der Waals surface area contributed by atoms with Crippen LogP contribution in [0.4, 0.5) is 17.6 Å². The Morgan fingerprint density at radius 1 is 1.23 bits per heavy atom. The van der Waals surface area contributed by atoms with Crippen LogP contribution in [-0.2, 0) is 9.47 Å². The van der Waals surface area contributed by atoms with Gasteiger partial charge in [-0.25, -0.2) is 9.89 Å². The Hall–Kier alpha value is -2.85. The summed E-state index contributed by atoms with van der Waals surface area (Å²) in [5, 5.41) is 8.43. The smallest absolute Gasteiger partial charge is 0.368 e. The van der Waals surface area contributed by atoms with Crippen molar-refractivity contribution in [3.63, 3.8) is 0 Å². The first-order valence-corrected chi connectivity index (χ1v) is 5.73. The minimum Gasteiger partial charge on any atom is -0.463 e.